The van der Waals surface area contributed by atoms with Gasteiger partial charge >= 0.3 is 6.09 Å². The first-order chi connectivity index (χ1) is 10.9. The Balaban J connectivity index is 1.64. The van der Waals surface area contributed by atoms with Gasteiger partial charge in [0.1, 0.15) is 11.4 Å². The minimum absolute atomic E-state index is 0.360. The van der Waals surface area contributed by atoms with Crippen LogP contribution in [0.1, 0.15) is 33.6 Å². The molecule has 2 rings (SSSR count). The van der Waals surface area contributed by atoms with Crippen LogP contribution in [0.5, 0.6) is 0 Å². The van der Waals surface area contributed by atoms with Gasteiger partial charge in [0.25, 0.3) is 0 Å². The molecule has 0 unspecified atom stereocenters. The summed E-state index contributed by atoms with van der Waals surface area (Å²) < 4.78 is 5.18. The molecule has 0 saturated heterocycles. The third kappa shape index (κ3) is 6.14. The summed E-state index contributed by atoms with van der Waals surface area (Å²) in [6.45, 7) is 7.00. The van der Waals surface area contributed by atoms with Crippen molar-refractivity contribution in [1.29, 1.82) is 0 Å². The molecule has 0 fully saturated rings. The summed E-state index contributed by atoms with van der Waals surface area (Å²) in [6, 6.07) is 12.1. The van der Waals surface area contributed by atoms with Crippen molar-refractivity contribution in [2.45, 2.75) is 39.2 Å². The first kappa shape index (κ1) is 17.1. The lowest BCUT2D eigenvalue weighted by atomic mass is 10.2. The fourth-order valence-electron chi connectivity index (χ4n) is 2.14. The van der Waals surface area contributed by atoms with E-state index in [4.69, 9.17) is 4.74 Å². The number of fused-ring (bicyclic) bond motifs is 1. The van der Waals surface area contributed by atoms with Gasteiger partial charge in [0, 0.05) is 18.5 Å². The Morgan fingerprint density at radius 3 is 2.61 bits per heavy atom. The lowest BCUT2D eigenvalue weighted by Gasteiger charge is -2.19. The topological polar surface area (TPSA) is 63.2 Å². The molecular weight excluding hydrogens is 290 g/mol. The van der Waals surface area contributed by atoms with E-state index in [1.54, 1.807) is 0 Å². The summed E-state index contributed by atoms with van der Waals surface area (Å²) in [5.74, 6) is 0.879. The van der Waals surface area contributed by atoms with Crippen LogP contribution in [0, 0.1) is 0 Å². The second-order valence-electron chi connectivity index (χ2n) is 6.45. The molecule has 124 valence electrons. The number of carbonyl (C=O) groups excluding carboxylic acids is 1. The fraction of sp³-hybridized carbons (Fsp3) is 0.444. The molecule has 5 nitrogen and oxygen atoms in total. The van der Waals surface area contributed by atoms with E-state index < -0.39 is 5.60 Å². The lowest BCUT2D eigenvalue weighted by molar-refractivity contribution is 0.0527. The zero-order chi connectivity index (χ0) is 16.7. The Morgan fingerprint density at radius 1 is 1.09 bits per heavy atom. The monoisotopic (exact) mass is 315 g/mol. The molecule has 0 aliphatic heterocycles. The zero-order valence-corrected chi connectivity index (χ0v) is 14.1. The number of rotatable bonds is 6. The molecule has 2 N–H and O–H groups in total. The number of hydrogen-bond acceptors (Lipinski definition) is 4. The molecule has 5 heteroatoms. The third-order valence-corrected chi connectivity index (χ3v) is 3.18. The molecule has 23 heavy (non-hydrogen) atoms. The maximum absolute atomic E-state index is 11.5. The van der Waals surface area contributed by atoms with E-state index in [1.165, 1.54) is 0 Å². The second kappa shape index (κ2) is 7.81. The number of amides is 1. The minimum Gasteiger partial charge on any atom is -0.444 e. The molecule has 1 aromatic carbocycles. The van der Waals surface area contributed by atoms with E-state index in [0.29, 0.717) is 6.54 Å². The normalized spacial score (nSPS) is 11.3. The van der Waals surface area contributed by atoms with Crippen molar-refractivity contribution in [3.63, 3.8) is 0 Å². The van der Waals surface area contributed by atoms with Gasteiger partial charge in [0.05, 0.1) is 5.52 Å². The zero-order valence-electron chi connectivity index (χ0n) is 14.1. The average Bonchev–Trinajstić information content (AvgIpc) is 2.49. The summed E-state index contributed by atoms with van der Waals surface area (Å²) in [7, 11) is 0. The number of benzene rings is 1. The maximum atomic E-state index is 11.5. The smallest absolute Gasteiger partial charge is 0.407 e. The molecule has 0 radical (unpaired) electrons. The van der Waals surface area contributed by atoms with E-state index >= 15 is 0 Å². The van der Waals surface area contributed by atoms with E-state index in [9.17, 15) is 4.79 Å². The van der Waals surface area contributed by atoms with Crippen LogP contribution in [0.3, 0.4) is 0 Å². The minimum atomic E-state index is -0.451. The molecule has 1 heterocycles. The molecule has 1 amide bonds. The van der Waals surface area contributed by atoms with Gasteiger partial charge in [0.2, 0.25) is 0 Å². The van der Waals surface area contributed by atoms with Gasteiger partial charge in [-0.15, -0.1) is 0 Å². The molecule has 0 aliphatic carbocycles. The molecule has 0 saturated carbocycles. The Hall–Kier alpha value is -2.30. The van der Waals surface area contributed by atoms with Gasteiger partial charge in [-0.3, -0.25) is 0 Å². The fourth-order valence-corrected chi connectivity index (χ4v) is 2.14. The van der Waals surface area contributed by atoms with Crippen LogP contribution in [0.2, 0.25) is 0 Å². The van der Waals surface area contributed by atoms with Gasteiger partial charge in [-0.25, -0.2) is 9.78 Å². The summed E-state index contributed by atoms with van der Waals surface area (Å²) in [6.07, 6.45) is 1.48. The standard InChI is InChI=1S/C18H25N3O2/c1-18(2,3)23-17(22)20-13-7-6-12-19-16-11-10-14-8-4-5-9-15(14)21-16/h4-5,8-11H,6-7,12-13H2,1-3H3,(H,19,21)(H,20,22). The number of hydrogen-bond donors (Lipinski definition) is 2. The third-order valence-electron chi connectivity index (χ3n) is 3.18. The number of alkyl carbamates (subject to hydrolysis) is 1. The summed E-state index contributed by atoms with van der Waals surface area (Å²) >= 11 is 0. The molecule has 0 bridgehead atoms. The number of unbranched alkanes of at least 4 members (excludes halogenated alkanes) is 1. The summed E-state index contributed by atoms with van der Waals surface area (Å²) in [5, 5.41) is 7.20. The molecule has 1 aromatic heterocycles. The van der Waals surface area contributed by atoms with Crippen LogP contribution >= 0.6 is 0 Å². The number of nitrogens with one attached hydrogen (secondary N) is 2. The summed E-state index contributed by atoms with van der Waals surface area (Å²) in [5.41, 5.74) is 0.539. The largest absolute Gasteiger partial charge is 0.444 e. The first-order valence-corrected chi connectivity index (χ1v) is 8.00. The molecular formula is C18H25N3O2. The number of carbonyl (C=O) groups is 1. The number of pyridine rings is 1. The summed E-state index contributed by atoms with van der Waals surface area (Å²) in [4.78, 5) is 16.0. The molecule has 0 spiro atoms. The number of para-hydroxylation sites is 1. The van der Waals surface area contributed by atoms with Crippen LogP contribution < -0.4 is 10.6 Å². The number of nitrogens with zero attached hydrogens (tertiary/aromatic N) is 1. The first-order valence-electron chi connectivity index (χ1n) is 8.00. The molecule has 0 aliphatic rings. The highest BCUT2D eigenvalue weighted by molar-refractivity contribution is 5.80. The van der Waals surface area contributed by atoms with Crippen molar-refractivity contribution in [1.82, 2.24) is 10.3 Å². The predicted octanol–water partition coefficient (Wildman–Crippen LogP) is 3.95. The highest BCUT2D eigenvalue weighted by Crippen LogP contribution is 2.14. The Bertz CT molecular complexity index is 650. The maximum Gasteiger partial charge on any atom is 0.407 e. The Kier molecular flexibility index (Phi) is 5.79. The Labute approximate surface area is 137 Å². The van der Waals surface area contributed by atoms with Crippen molar-refractivity contribution in [2.75, 3.05) is 18.4 Å². The number of anilines is 1. The highest BCUT2D eigenvalue weighted by Gasteiger charge is 2.15. The van der Waals surface area contributed by atoms with Crippen LogP contribution in [-0.4, -0.2) is 29.8 Å². The molecule has 0 atom stereocenters. The Morgan fingerprint density at radius 2 is 1.83 bits per heavy atom. The van der Waals surface area contributed by atoms with Crippen LogP contribution in [0.15, 0.2) is 36.4 Å². The van der Waals surface area contributed by atoms with Crippen LogP contribution in [0.4, 0.5) is 10.6 Å². The van der Waals surface area contributed by atoms with Crippen LogP contribution in [0.25, 0.3) is 10.9 Å². The predicted molar refractivity (Wildman–Crippen MR) is 93.7 cm³/mol. The van der Waals surface area contributed by atoms with Crippen molar-refractivity contribution >= 4 is 22.8 Å². The van der Waals surface area contributed by atoms with E-state index in [1.807, 2.05) is 45.0 Å². The number of aromatic nitrogens is 1. The van der Waals surface area contributed by atoms with Crippen molar-refractivity contribution in [3.05, 3.63) is 36.4 Å². The average molecular weight is 315 g/mol. The van der Waals surface area contributed by atoms with Gasteiger partial charge in [-0.05, 0) is 51.8 Å². The lowest BCUT2D eigenvalue weighted by Crippen LogP contribution is -2.33. The SMILES string of the molecule is CC(C)(C)OC(=O)NCCCCNc1ccc2ccccc2n1. The van der Waals surface area contributed by atoms with E-state index in [0.717, 1.165) is 36.1 Å². The van der Waals surface area contributed by atoms with Crippen molar-refractivity contribution in [2.24, 2.45) is 0 Å². The molecule has 2 aromatic rings. The van der Waals surface area contributed by atoms with E-state index in [-0.39, 0.29) is 6.09 Å². The van der Waals surface area contributed by atoms with Gasteiger partial charge in [0.15, 0.2) is 0 Å². The van der Waals surface area contributed by atoms with Gasteiger partial charge in [-0.2, -0.15) is 0 Å². The quantitative estimate of drug-likeness (QED) is 0.792. The van der Waals surface area contributed by atoms with Gasteiger partial charge < -0.3 is 15.4 Å². The van der Waals surface area contributed by atoms with E-state index in [2.05, 4.69) is 27.8 Å². The van der Waals surface area contributed by atoms with Crippen LogP contribution in [-0.2, 0) is 4.74 Å². The van der Waals surface area contributed by atoms with Crippen molar-refractivity contribution in [3.8, 4) is 0 Å². The number of ether oxygens (including phenoxy) is 1. The van der Waals surface area contributed by atoms with Crippen molar-refractivity contribution < 1.29 is 9.53 Å². The second-order valence-corrected chi connectivity index (χ2v) is 6.45. The van der Waals surface area contributed by atoms with Gasteiger partial charge in [-0.1, -0.05) is 18.2 Å². The highest BCUT2D eigenvalue weighted by atomic mass is 16.6.